The second-order valence-electron chi connectivity index (χ2n) is 15.6. The van der Waals surface area contributed by atoms with E-state index in [1.54, 1.807) is 0 Å². The SMILES string of the molecule is CCCc1ccnc(C2=C3C=CC(=N3)C(c3cc(CCC)ccn3)=C3C=CC(=N3)C(c3cc(CCC)ccn3)=C3C=CC(=N3)C(c3cc(CCC)ccn3)=C3C=CC2=N3)c1. The van der Waals surface area contributed by atoms with Crippen LogP contribution in [0.1, 0.15) is 98.4 Å². The van der Waals surface area contributed by atoms with E-state index in [-0.39, 0.29) is 0 Å². The van der Waals surface area contributed by atoms with Gasteiger partial charge in [-0.25, -0.2) is 20.0 Å². The number of aliphatic imine (C=N–C) groups is 4. The number of rotatable bonds is 12. The van der Waals surface area contributed by atoms with Crippen LogP contribution in [0.15, 0.2) is 165 Å². The van der Waals surface area contributed by atoms with Gasteiger partial charge in [0.25, 0.3) is 0 Å². The maximum Gasteiger partial charge on any atom is 0.0753 e. The number of aryl methyl sites for hydroxylation is 4. The Morgan fingerprint density at radius 1 is 0.317 bits per heavy atom. The molecule has 0 fully saturated rings. The zero-order valence-electron chi connectivity index (χ0n) is 34.8. The lowest BCUT2D eigenvalue weighted by Crippen LogP contribution is -2.06. The van der Waals surface area contributed by atoms with Crippen molar-refractivity contribution in [3.63, 3.8) is 0 Å². The summed E-state index contributed by atoms with van der Waals surface area (Å²) in [6.45, 7) is 8.79. The second-order valence-corrected chi connectivity index (χ2v) is 15.6. The van der Waals surface area contributed by atoms with Gasteiger partial charge in [0.05, 0.1) is 90.7 Å². The Balaban J connectivity index is 1.35. The molecule has 5 aliphatic heterocycles. The summed E-state index contributed by atoms with van der Waals surface area (Å²) in [5.74, 6) is 0. The monoisotopic (exact) mass is 784 g/mol. The number of hydrogen-bond acceptors (Lipinski definition) is 8. The normalized spacial score (nSPS) is 16.7. The number of aromatic nitrogens is 4. The van der Waals surface area contributed by atoms with E-state index in [0.717, 1.165) is 142 Å². The summed E-state index contributed by atoms with van der Waals surface area (Å²) in [6.07, 6.45) is 32.1. The molecule has 9 rings (SSSR count). The molecule has 0 radical (unpaired) electrons. The molecule has 0 saturated heterocycles. The molecule has 60 heavy (non-hydrogen) atoms. The maximum atomic E-state index is 5.42. The molecule has 5 aliphatic rings. The van der Waals surface area contributed by atoms with Crippen molar-refractivity contribution in [2.24, 2.45) is 20.0 Å². The van der Waals surface area contributed by atoms with Crippen LogP contribution in [0, 0.1) is 0 Å². The zero-order chi connectivity index (χ0) is 41.0. The fraction of sp³-hybridized carbons (Fsp3) is 0.231. The average molecular weight is 785 g/mol. The number of allylic oxidation sites excluding steroid dienone is 12. The predicted octanol–water partition coefficient (Wildman–Crippen LogP) is 11.1. The van der Waals surface area contributed by atoms with Gasteiger partial charge < -0.3 is 0 Å². The first kappa shape index (κ1) is 38.7. The Hall–Kier alpha value is -6.80. The molecule has 4 aromatic rings. The summed E-state index contributed by atoms with van der Waals surface area (Å²) >= 11 is 0. The topological polar surface area (TPSA) is 101 Å². The molecule has 296 valence electrons. The summed E-state index contributed by atoms with van der Waals surface area (Å²) in [5, 5.41) is 0. The van der Waals surface area contributed by atoms with Crippen LogP contribution < -0.4 is 0 Å². The third-order valence-electron chi connectivity index (χ3n) is 11.1. The molecule has 0 aliphatic carbocycles. The number of pyridine rings is 4. The Labute approximate surface area is 352 Å². The van der Waals surface area contributed by atoms with Crippen LogP contribution >= 0.6 is 0 Å². The lowest BCUT2D eigenvalue weighted by Gasteiger charge is -2.13. The van der Waals surface area contributed by atoms with E-state index < -0.39 is 0 Å². The van der Waals surface area contributed by atoms with Crippen LogP contribution in [0.2, 0.25) is 0 Å². The largest absolute Gasteiger partial charge is 0.256 e. The highest BCUT2D eigenvalue weighted by Crippen LogP contribution is 2.38. The van der Waals surface area contributed by atoms with Crippen LogP contribution in [0.25, 0.3) is 22.3 Å². The van der Waals surface area contributed by atoms with Crippen molar-refractivity contribution in [3.8, 4) is 0 Å². The van der Waals surface area contributed by atoms with Gasteiger partial charge in [-0.1, -0.05) is 53.4 Å². The lowest BCUT2D eigenvalue weighted by molar-refractivity contribution is 0.917. The molecule has 4 aromatic heterocycles. The molecular formula is C52H48N8. The van der Waals surface area contributed by atoms with E-state index in [0.29, 0.717) is 0 Å². The average Bonchev–Trinajstić information content (AvgIpc) is 4.10. The Morgan fingerprint density at radius 3 is 0.767 bits per heavy atom. The summed E-state index contributed by atoms with van der Waals surface area (Å²) in [7, 11) is 0. The van der Waals surface area contributed by atoms with E-state index in [2.05, 4.69) is 125 Å². The minimum Gasteiger partial charge on any atom is -0.256 e. The van der Waals surface area contributed by atoms with Gasteiger partial charge in [-0.2, -0.15) is 0 Å². The van der Waals surface area contributed by atoms with Crippen molar-refractivity contribution in [2.45, 2.75) is 79.1 Å². The lowest BCUT2D eigenvalue weighted by atomic mass is 10.0. The van der Waals surface area contributed by atoms with Crippen LogP contribution in [0.5, 0.6) is 0 Å². The molecule has 0 spiro atoms. The standard InChI is InChI=1S/C52H48N8/c1-5-9-33-21-25-53-45(29-33)49-37-13-15-39(57-37)50(46-30-34(10-6-2)22-26-54-46)41-17-19-43(59-41)52(48-32-36(12-8-4)24-28-56-48)44-20-18-42(60-44)51(40-16-14-38(49)58-40)47-31-35(11-7-3)23-27-55-47/h13-32H,5-12H2,1-4H3. The van der Waals surface area contributed by atoms with Gasteiger partial charge in [0.15, 0.2) is 0 Å². The summed E-state index contributed by atoms with van der Waals surface area (Å²) in [4.78, 5) is 41.5. The summed E-state index contributed by atoms with van der Waals surface area (Å²) in [6, 6.07) is 17.1. The predicted molar refractivity (Wildman–Crippen MR) is 247 cm³/mol. The van der Waals surface area contributed by atoms with Gasteiger partial charge in [0, 0.05) is 24.8 Å². The van der Waals surface area contributed by atoms with Crippen molar-refractivity contribution in [1.82, 2.24) is 19.9 Å². The highest BCUT2D eigenvalue weighted by atomic mass is 14.9. The van der Waals surface area contributed by atoms with Crippen molar-refractivity contribution in [2.75, 3.05) is 0 Å². The highest BCUT2D eigenvalue weighted by Gasteiger charge is 2.29. The second kappa shape index (κ2) is 17.2. The molecule has 0 unspecified atom stereocenters. The van der Waals surface area contributed by atoms with Gasteiger partial charge >= 0.3 is 0 Å². The third-order valence-corrected chi connectivity index (χ3v) is 11.1. The molecule has 0 aromatic carbocycles. The van der Waals surface area contributed by atoms with E-state index in [4.69, 9.17) is 39.9 Å². The van der Waals surface area contributed by atoms with E-state index in [1.165, 1.54) is 22.3 Å². The number of fused-ring (bicyclic) bond motifs is 4. The molecule has 0 N–H and O–H groups in total. The Kier molecular flexibility index (Phi) is 11.1. The fourth-order valence-corrected chi connectivity index (χ4v) is 8.36. The van der Waals surface area contributed by atoms with Gasteiger partial charge in [-0.3, -0.25) is 19.9 Å². The van der Waals surface area contributed by atoms with Crippen LogP contribution in [-0.4, -0.2) is 42.8 Å². The minimum absolute atomic E-state index is 0.777. The molecule has 8 heteroatoms. The van der Waals surface area contributed by atoms with Crippen molar-refractivity contribution in [1.29, 1.82) is 0 Å². The van der Waals surface area contributed by atoms with Crippen LogP contribution in [-0.2, 0) is 25.7 Å². The highest BCUT2D eigenvalue weighted by molar-refractivity contribution is 6.39. The van der Waals surface area contributed by atoms with Gasteiger partial charge in [-0.15, -0.1) is 0 Å². The first-order valence-corrected chi connectivity index (χ1v) is 21.4. The smallest absolute Gasteiger partial charge is 0.0753 e. The molecule has 0 amide bonds. The van der Waals surface area contributed by atoms with E-state index in [9.17, 15) is 0 Å². The Morgan fingerprint density at radius 2 is 0.550 bits per heavy atom. The molecule has 9 heterocycles. The summed E-state index contributed by atoms with van der Waals surface area (Å²) in [5.41, 5.74) is 17.8. The van der Waals surface area contributed by atoms with Crippen LogP contribution in [0.4, 0.5) is 0 Å². The van der Waals surface area contributed by atoms with Gasteiger partial charge in [0.2, 0.25) is 0 Å². The molecular weight excluding hydrogens is 737 g/mol. The first-order chi connectivity index (χ1) is 29.5. The van der Waals surface area contributed by atoms with Crippen molar-refractivity contribution >= 4 is 45.1 Å². The minimum atomic E-state index is 0.777. The summed E-state index contributed by atoms with van der Waals surface area (Å²) < 4.78 is 0. The van der Waals surface area contributed by atoms with Crippen molar-refractivity contribution in [3.05, 3.63) is 190 Å². The van der Waals surface area contributed by atoms with Gasteiger partial charge in [-0.05, 0) is 145 Å². The van der Waals surface area contributed by atoms with E-state index >= 15 is 0 Å². The fourth-order valence-electron chi connectivity index (χ4n) is 8.36. The van der Waals surface area contributed by atoms with E-state index in [1.807, 2.05) is 24.8 Å². The molecule has 0 atom stereocenters. The molecule has 8 nitrogen and oxygen atoms in total. The number of nitrogens with zero attached hydrogens (tertiary/aromatic N) is 8. The molecule has 0 saturated carbocycles. The first-order valence-electron chi connectivity index (χ1n) is 21.4. The Bertz CT molecular complexity index is 2410. The van der Waals surface area contributed by atoms with Gasteiger partial charge in [0.1, 0.15) is 0 Å². The van der Waals surface area contributed by atoms with Crippen molar-refractivity contribution < 1.29 is 0 Å². The third kappa shape index (κ3) is 7.73. The molecule has 8 bridgehead atoms. The number of hydrogen-bond donors (Lipinski definition) is 0. The quantitative estimate of drug-likeness (QED) is 0.143. The zero-order valence-corrected chi connectivity index (χ0v) is 34.8. The van der Waals surface area contributed by atoms with Crippen LogP contribution in [0.3, 0.4) is 0 Å². The maximum absolute atomic E-state index is 5.42.